The molecule has 0 saturated heterocycles. The molecule has 90 valence electrons. The van der Waals surface area contributed by atoms with Crippen molar-refractivity contribution in [2.45, 2.75) is 52.1 Å². The summed E-state index contributed by atoms with van der Waals surface area (Å²) in [5, 5.41) is 10.6. The minimum Gasteiger partial charge on any atom is -0.390 e. The maximum atomic E-state index is 10.6. The van der Waals surface area contributed by atoms with Gasteiger partial charge < -0.3 is 5.11 Å². The van der Waals surface area contributed by atoms with Gasteiger partial charge in [0.15, 0.2) is 0 Å². The minimum atomic E-state index is -0.436. The molecule has 0 bridgehead atoms. The first-order chi connectivity index (χ1) is 7.36. The molecule has 3 aliphatic rings. The smallest absolute Gasteiger partial charge is 0.0656 e. The lowest BCUT2D eigenvalue weighted by molar-refractivity contribution is -0.00137. The third-order valence-corrected chi connectivity index (χ3v) is 5.94. The molecule has 3 fully saturated rings. The van der Waals surface area contributed by atoms with Crippen molar-refractivity contribution in [2.75, 3.05) is 0 Å². The molecule has 0 aliphatic heterocycles. The first kappa shape index (κ1) is 10.8. The number of hydrogen-bond acceptors (Lipinski definition) is 1. The van der Waals surface area contributed by atoms with Crippen LogP contribution in [-0.2, 0) is 0 Å². The SMILES string of the molecule is C=C1CC[C@H]2[C@@H]([C@H]3[C@H]1CC[C@]3(C)O)C2(C)C. The van der Waals surface area contributed by atoms with Gasteiger partial charge in [-0.2, -0.15) is 0 Å². The molecule has 0 aromatic rings. The van der Waals surface area contributed by atoms with Crippen LogP contribution in [0.1, 0.15) is 46.5 Å². The molecule has 0 amide bonds. The van der Waals surface area contributed by atoms with Gasteiger partial charge in [0.1, 0.15) is 0 Å². The molecule has 3 aliphatic carbocycles. The van der Waals surface area contributed by atoms with E-state index in [1.54, 1.807) is 0 Å². The number of allylic oxidation sites excluding steroid dienone is 1. The highest BCUT2D eigenvalue weighted by atomic mass is 16.3. The number of aliphatic hydroxyl groups is 1. The van der Waals surface area contributed by atoms with Gasteiger partial charge in [-0.15, -0.1) is 0 Å². The molecule has 0 aromatic carbocycles. The summed E-state index contributed by atoms with van der Waals surface area (Å²) in [4.78, 5) is 0. The fourth-order valence-electron chi connectivity index (χ4n) is 4.90. The van der Waals surface area contributed by atoms with Crippen molar-refractivity contribution in [1.29, 1.82) is 0 Å². The zero-order chi connectivity index (χ0) is 11.7. The molecule has 1 heteroatoms. The van der Waals surface area contributed by atoms with Crippen molar-refractivity contribution in [3.05, 3.63) is 12.2 Å². The fraction of sp³-hybridized carbons (Fsp3) is 0.867. The lowest BCUT2D eigenvalue weighted by Crippen LogP contribution is -2.34. The monoisotopic (exact) mass is 220 g/mol. The van der Waals surface area contributed by atoms with Crippen LogP contribution in [0.15, 0.2) is 12.2 Å². The normalized spacial score (nSPS) is 54.1. The quantitative estimate of drug-likeness (QED) is 0.620. The van der Waals surface area contributed by atoms with E-state index in [-0.39, 0.29) is 0 Å². The van der Waals surface area contributed by atoms with Gasteiger partial charge in [0.05, 0.1) is 5.60 Å². The van der Waals surface area contributed by atoms with Crippen molar-refractivity contribution in [1.82, 2.24) is 0 Å². The van der Waals surface area contributed by atoms with E-state index in [1.165, 1.54) is 18.4 Å². The van der Waals surface area contributed by atoms with E-state index >= 15 is 0 Å². The molecule has 3 saturated carbocycles. The Morgan fingerprint density at radius 3 is 2.56 bits per heavy atom. The van der Waals surface area contributed by atoms with Crippen LogP contribution in [0.3, 0.4) is 0 Å². The summed E-state index contributed by atoms with van der Waals surface area (Å²) in [7, 11) is 0. The van der Waals surface area contributed by atoms with Crippen LogP contribution in [-0.4, -0.2) is 10.7 Å². The fourth-order valence-corrected chi connectivity index (χ4v) is 4.90. The van der Waals surface area contributed by atoms with Crippen LogP contribution in [0.2, 0.25) is 0 Å². The van der Waals surface area contributed by atoms with E-state index in [4.69, 9.17) is 0 Å². The Morgan fingerprint density at radius 2 is 1.88 bits per heavy atom. The Kier molecular flexibility index (Phi) is 1.98. The maximum absolute atomic E-state index is 10.6. The molecular weight excluding hydrogens is 196 g/mol. The van der Waals surface area contributed by atoms with Crippen LogP contribution in [0, 0.1) is 29.1 Å². The molecule has 0 unspecified atom stereocenters. The number of hydrogen-bond donors (Lipinski definition) is 1. The Balaban J connectivity index is 1.98. The van der Waals surface area contributed by atoms with Gasteiger partial charge in [0.25, 0.3) is 0 Å². The Labute approximate surface area is 98.9 Å². The van der Waals surface area contributed by atoms with Crippen LogP contribution < -0.4 is 0 Å². The summed E-state index contributed by atoms with van der Waals surface area (Å²) in [6.07, 6.45) is 4.64. The van der Waals surface area contributed by atoms with Gasteiger partial charge in [-0.05, 0) is 61.7 Å². The van der Waals surface area contributed by atoms with E-state index in [1.807, 2.05) is 0 Å². The van der Waals surface area contributed by atoms with E-state index in [0.717, 1.165) is 24.7 Å². The van der Waals surface area contributed by atoms with Crippen molar-refractivity contribution < 1.29 is 5.11 Å². The van der Waals surface area contributed by atoms with Crippen LogP contribution >= 0.6 is 0 Å². The summed E-state index contributed by atoms with van der Waals surface area (Å²) < 4.78 is 0. The molecule has 1 nitrogen and oxygen atoms in total. The standard InChI is InChI=1S/C15H24O/c1-9-5-6-11-13(14(11,2)3)12-10(9)7-8-15(12,4)16/h10-13,16H,1,5-8H2,2-4H3/t10-,11-,12+,13-,15-/m0/s1. The summed E-state index contributed by atoms with van der Waals surface area (Å²) in [5.41, 5.74) is 1.46. The van der Waals surface area contributed by atoms with Crippen LogP contribution in [0.4, 0.5) is 0 Å². The third kappa shape index (κ3) is 1.21. The van der Waals surface area contributed by atoms with E-state index in [2.05, 4.69) is 27.4 Å². The molecule has 0 aromatic heterocycles. The molecule has 0 radical (unpaired) electrons. The third-order valence-electron chi connectivity index (χ3n) is 5.94. The Morgan fingerprint density at radius 1 is 1.19 bits per heavy atom. The van der Waals surface area contributed by atoms with Crippen molar-refractivity contribution in [2.24, 2.45) is 29.1 Å². The van der Waals surface area contributed by atoms with Gasteiger partial charge >= 0.3 is 0 Å². The van der Waals surface area contributed by atoms with Gasteiger partial charge in [-0.25, -0.2) is 0 Å². The highest BCUT2D eigenvalue weighted by molar-refractivity contribution is 5.22. The highest BCUT2D eigenvalue weighted by Crippen LogP contribution is 2.71. The predicted octanol–water partition coefficient (Wildman–Crippen LogP) is 3.39. The van der Waals surface area contributed by atoms with Gasteiger partial charge in [0, 0.05) is 0 Å². The average Bonchev–Trinajstić information content (AvgIpc) is 2.61. The topological polar surface area (TPSA) is 20.2 Å². The average molecular weight is 220 g/mol. The predicted molar refractivity (Wildman–Crippen MR) is 66.0 cm³/mol. The van der Waals surface area contributed by atoms with Crippen LogP contribution in [0.25, 0.3) is 0 Å². The second-order valence-corrected chi connectivity index (χ2v) is 7.18. The van der Waals surface area contributed by atoms with Crippen molar-refractivity contribution in [3.63, 3.8) is 0 Å². The van der Waals surface area contributed by atoms with Crippen LogP contribution in [0.5, 0.6) is 0 Å². The van der Waals surface area contributed by atoms with E-state index in [0.29, 0.717) is 17.3 Å². The second-order valence-electron chi connectivity index (χ2n) is 7.18. The summed E-state index contributed by atoms with van der Waals surface area (Å²) in [6.45, 7) is 11.1. The largest absolute Gasteiger partial charge is 0.390 e. The van der Waals surface area contributed by atoms with Crippen molar-refractivity contribution >= 4 is 0 Å². The molecular formula is C15H24O. The lowest BCUT2D eigenvalue weighted by Gasteiger charge is -2.31. The lowest BCUT2D eigenvalue weighted by atomic mass is 9.78. The molecule has 1 N–H and O–H groups in total. The minimum absolute atomic E-state index is 0.436. The van der Waals surface area contributed by atoms with Crippen molar-refractivity contribution in [3.8, 4) is 0 Å². The highest BCUT2D eigenvalue weighted by Gasteiger charge is 2.67. The number of rotatable bonds is 0. The van der Waals surface area contributed by atoms with Gasteiger partial charge in [-0.3, -0.25) is 0 Å². The number of fused-ring (bicyclic) bond motifs is 3. The summed E-state index contributed by atoms with van der Waals surface area (Å²) in [5.74, 6) is 2.67. The zero-order valence-corrected chi connectivity index (χ0v) is 10.8. The molecule has 0 heterocycles. The summed E-state index contributed by atoms with van der Waals surface area (Å²) >= 11 is 0. The Bertz CT molecular complexity index is 339. The first-order valence-corrected chi connectivity index (χ1v) is 6.76. The summed E-state index contributed by atoms with van der Waals surface area (Å²) in [6, 6.07) is 0. The van der Waals surface area contributed by atoms with E-state index < -0.39 is 5.60 Å². The second kappa shape index (κ2) is 2.93. The molecule has 5 atom stereocenters. The molecule has 3 rings (SSSR count). The Hall–Kier alpha value is -0.300. The van der Waals surface area contributed by atoms with Gasteiger partial charge in [0.2, 0.25) is 0 Å². The zero-order valence-electron chi connectivity index (χ0n) is 10.8. The van der Waals surface area contributed by atoms with Gasteiger partial charge in [-0.1, -0.05) is 26.0 Å². The first-order valence-electron chi connectivity index (χ1n) is 6.76. The molecule has 0 spiro atoms. The molecule has 16 heavy (non-hydrogen) atoms. The van der Waals surface area contributed by atoms with E-state index in [9.17, 15) is 5.11 Å². The maximum Gasteiger partial charge on any atom is 0.0656 e.